The molecule has 0 saturated heterocycles. The molecule has 1 amide bonds. The maximum Gasteiger partial charge on any atom is 0.263 e. The van der Waals surface area contributed by atoms with E-state index in [4.69, 9.17) is 27.9 Å². The van der Waals surface area contributed by atoms with Crippen molar-refractivity contribution < 1.29 is 9.53 Å². The quantitative estimate of drug-likeness (QED) is 0.936. The van der Waals surface area contributed by atoms with Crippen molar-refractivity contribution in [1.29, 1.82) is 0 Å². The maximum absolute atomic E-state index is 11.7. The number of pyridine rings is 1. The molecule has 0 unspecified atom stereocenters. The van der Waals surface area contributed by atoms with Gasteiger partial charge >= 0.3 is 0 Å². The van der Waals surface area contributed by atoms with Crippen LogP contribution in [0.2, 0.25) is 10.0 Å². The summed E-state index contributed by atoms with van der Waals surface area (Å²) in [6.45, 7) is 1.69. The van der Waals surface area contributed by atoms with Gasteiger partial charge in [0.15, 0.2) is 6.61 Å². The SMILES string of the molecule is Cc1cccc(NC(=O)COc2ccc(Cl)cc2Cl)n1. The second-order valence-corrected chi connectivity index (χ2v) is 4.92. The van der Waals surface area contributed by atoms with Crippen LogP contribution in [-0.4, -0.2) is 17.5 Å². The average molecular weight is 311 g/mol. The van der Waals surface area contributed by atoms with Crippen LogP contribution in [0.15, 0.2) is 36.4 Å². The Balaban J connectivity index is 1.92. The van der Waals surface area contributed by atoms with Gasteiger partial charge in [0.05, 0.1) is 5.02 Å². The number of ether oxygens (including phenoxy) is 1. The van der Waals surface area contributed by atoms with Gasteiger partial charge in [-0.1, -0.05) is 29.3 Å². The topological polar surface area (TPSA) is 51.2 Å². The molecule has 1 N–H and O–H groups in total. The summed E-state index contributed by atoms with van der Waals surface area (Å²) >= 11 is 11.7. The van der Waals surface area contributed by atoms with Crippen molar-refractivity contribution >= 4 is 34.9 Å². The summed E-state index contributed by atoms with van der Waals surface area (Å²) in [7, 11) is 0. The van der Waals surface area contributed by atoms with E-state index in [9.17, 15) is 4.79 Å². The molecule has 0 aliphatic rings. The van der Waals surface area contributed by atoms with Crippen LogP contribution >= 0.6 is 23.2 Å². The van der Waals surface area contributed by atoms with Crippen LogP contribution in [0.5, 0.6) is 5.75 Å². The predicted octanol–water partition coefficient (Wildman–Crippen LogP) is 3.71. The minimum Gasteiger partial charge on any atom is -0.482 e. The summed E-state index contributed by atoms with van der Waals surface area (Å²) in [4.78, 5) is 15.9. The van der Waals surface area contributed by atoms with E-state index in [1.165, 1.54) is 0 Å². The maximum atomic E-state index is 11.7. The number of aromatic nitrogens is 1. The largest absolute Gasteiger partial charge is 0.482 e. The molecule has 1 aromatic heterocycles. The lowest BCUT2D eigenvalue weighted by Crippen LogP contribution is -2.20. The fraction of sp³-hybridized carbons (Fsp3) is 0.143. The zero-order chi connectivity index (χ0) is 14.5. The molecule has 2 rings (SSSR count). The van der Waals surface area contributed by atoms with Crippen LogP contribution in [0.25, 0.3) is 0 Å². The lowest BCUT2D eigenvalue weighted by Gasteiger charge is -2.08. The predicted molar refractivity (Wildman–Crippen MR) is 79.6 cm³/mol. The highest BCUT2D eigenvalue weighted by atomic mass is 35.5. The zero-order valence-electron chi connectivity index (χ0n) is 10.7. The molecule has 0 atom stereocenters. The summed E-state index contributed by atoms with van der Waals surface area (Å²) in [5, 5.41) is 3.51. The number of nitrogens with one attached hydrogen (secondary N) is 1. The Morgan fingerprint density at radius 1 is 1.30 bits per heavy atom. The Labute approximate surface area is 126 Å². The van der Waals surface area contributed by atoms with Crippen molar-refractivity contribution in [3.05, 3.63) is 52.1 Å². The molecule has 1 aromatic carbocycles. The van der Waals surface area contributed by atoms with Gasteiger partial charge in [0.25, 0.3) is 5.91 Å². The van der Waals surface area contributed by atoms with Crippen molar-refractivity contribution in [2.75, 3.05) is 11.9 Å². The number of anilines is 1. The monoisotopic (exact) mass is 310 g/mol. The Hall–Kier alpha value is -1.78. The first-order valence-electron chi connectivity index (χ1n) is 5.86. The first-order valence-corrected chi connectivity index (χ1v) is 6.61. The molecule has 0 aliphatic carbocycles. The van der Waals surface area contributed by atoms with Crippen molar-refractivity contribution in [1.82, 2.24) is 4.98 Å². The van der Waals surface area contributed by atoms with Gasteiger partial charge in [-0.25, -0.2) is 4.98 Å². The third-order valence-electron chi connectivity index (χ3n) is 2.41. The number of rotatable bonds is 4. The number of nitrogens with zero attached hydrogens (tertiary/aromatic N) is 1. The first kappa shape index (κ1) is 14.6. The highest BCUT2D eigenvalue weighted by molar-refractivity contribution is 6.35. The summed E-state index contributed by atoms with van der Waals surface area (Å²) in [6, 6.07) is 10.2. The number of carbonyl (C=O) groups excluding carboxylic acids is 1. The Bertz CT molecular complexity index is 632. The van der Waals surface area contributed by atoms with Crippen LogP contribution < -0.4 is 10.1 Å². The van der Waals surface area contributed by atoms with Crippen LogP contribution in [0.4, 0.5) is 5.82 Å². The Morgan fingerprint density at radius 2 is 2.10 bits per heavy atom. The smallest absolute Gasteiger partial charge is 0.263 e. The van der Waals surface area contributed by atoms with E-state index in [1.807, 2.05) is 19.1 Å². The Morgan fingerprint density at radius 3 is 2.80 bits per heavy atom. The first-order chi connectivity index (χ1) is 9.54. The number of carbonyl (C=O) groups is 1. The second-order valence-electron chi connectivity index (χ2n) is 4.08. The molecule has 0 fully saturated rings. The van der Waals surface area contributed by atoms with Gasteiger partial charge < -0.3 is 10.1 Å². The van der Waals surface area contributed by atoms with E-state index in [1.54, 1.807) is 24.3 Å². The minimum absolute atomic E-state index is 0.156. The molecule has 4 nitrogen and oxygen atoms in total. The normalized spacial score (nSPS) is 10.2. The molecule has 6 heteroatoms. The number of hydrogen-bond donors (Lipinski definition) is 1. The van der Waals surface area contributed by atoms with Gasteiger partial charge in [-0.2, -0.15) is 0 Å². The van der Waals surface area contributed by atoms with E-state index in [0.29, 0.717) is 21.6 Å². The molecule has 0 saturated carbocycles. The van der Waals surface area contributed by atoms with Gasteiger partial charge in [-0.05, 0) is 37.3 Å². The minimum atomic E-state index is -0.311. The van der Waals surface area contributed by atoms with E-state index in [2.05, 4.69) is 10.3 Å². The molecular formula is C14H12Cl2N2O2. The molecule has 0 aliphatic heterocycles. The highest BCUT2D eigenvalue weighted by Crippen LogP contribution is 2.27. The van der Waals surface area contributed by atoms with Crippen LogP contribution in [0.3, 0.4) is 0 Å². The summed E-state index contributed by atoms with van der Waals surface area (Å²) in [5.41, 5.74) is 0.824. The van der Waals surface area contributed by atoms with Crippen LogP contribution in [0.1, 0.15) is 5.69 Å². The van der Waals surface area contributed by atoms with Gasteiger partial charge in [0.2, 0.25) is 0 Å². The molecular weight excluding hydrogens is 299 g/mol. The molecule has 0 radical (unpaired) electrons. The number of benzene rings is 1. The fourth-order valence-electron chi connectivity index (χ4n) is 1.53. The summed E-state index contributed by atoms with van der Waals surface area (Å²) < 4.78 is 5.33. The van der Waals surface area contributed by atoms with Gasteiger partial charge in [-0.3, -0.25) is 4.79 Å². The van der Waals surface area contributed by atoms with Gasteiger partial charge in [0.1, 0.15) is 11.6 Å². The summed E-state index contributed by atoms with van der Waals surface area (Å²) in [6.07, 6.45) is 0. The third-order valence-corrected chi connectivity index (χ3v) is 2.94. The van der Waals surface area contributed by atoms with Crippen molar-refractivity contribution in [3.8, 4) is 5.75 Å². The van der Waals surface area contributed by atoms with E-state index in [0.717, 1.165) is 5.69 Å². The Kier molecular flexibility index (Phi) is 4.82. The molecule has 104 valence electrons. The molecule has 1 heterocycles. The number of halogens is 2. The fourth-order valence-corrected chi connectivity index (χ4v) is 1.99. The van der Waals surface area contributed by atoms with E-state index >= 15 is 0 Å². The lowest BCUT2D eigenvalue weighted by molar-refractivity contribution is -0.118. The van der Waals surface area contributed by atoms with Crippen LogP contribution in [0, 0.1) is 6.92 Å². The standard InChI is InChI=1S/C14H12Cl2N2O2/c1-9-3-2-4-13(17-9)18-14(19)8-20-12-6-5-10(15)7-11(12)16/h2-7H,8H2,1H3,(H,17,18,19). The van der Waals surface area contributed by atoms with Crippen molar-refractivity contribution in [2.24, 2.45) is 0 Å². The second kappa shape index (κ2) is 6.59. The van der Waals surface area contributed by atoms with E-state index < -0.39 is 0 Å². The highest BCUT2D eigenvalue weighted by Gasteiger charge is 2.07. The molecule has 0 bridgehead atoms. The molecule has 0 spiro atoms. The average Bonchev–Trinajstić information content (AvgIpc) is 2.37. The number of hydrogen-bond acceptors (Lipinski definition) is 3. The lowest BCUT2D eigenvalue weighted by atomic mass is 10.3. The molecule has 2 aromatic rings. The zero-order valence-corrected chi connectivity index (χ0v) is 12.2. The van der Waals surface area contributed by atoms with Gasteiger partial charge in [-0.15, -0.1) is 0 Å². The van der Waals surface area contributed by atoms with Crippen LogP contribution in [-0.2, 0) is 4.79 Å². The molecule has 20 heavy (non-hydrogen) atoms. The van der Waals surface area contributed by atoms with Crippen molar-refractivity contribution in [3.63, 3.8) is 0 Å². The number of amides is 1. The summed E-state index contributed by atoms with van der Waals surface area (Å²) in [5.74, 6) is 0.582. The number of aryl methyl sites for hydroxylation is 1. The van der Waals surface area contributed by atoms with Gasteiger partial charge in [0, 0.05) is 10.7 Å². The van der Waals surface area contributed by atoms with E-state index in [-0.39, 0.29) is 12.5 Å². The van der Waals surface area contributed by atoms with Crippen molar-refractivity contribution in [2.45, 2.75) is 6.92 Å². The third kappa shape index (κ3) is 4.11.